The van der Waals surface area contributed by atoms with Crippen LogP contribution in [0.25, 0.3) is 16.8 Å². The summed E-state index contributed by atoms with van der Waals surface area (Å²) in [6, 6.07) is 15.1. The van der Waals surface area contributed by atoms with Crippen LogP contribution < -0.4 is 0 Å². The molecule has 0 radical (unpaired) electrons. The molecule has 1 aliphatic carbocycles. The Morgan fingerprint density at radius 2 is 1.52 bits per heavy atom. The number of carbonyl (C=O) groups is 2. The van der Waals surface area contributed by atoms with Gasteiger partial charge in [0.25, 0.3) is 0 Å². The number of rotatable bonds is 0. The van der Waals surface area contributed by atoms with Crippen molar-refractivity contribution in [1.82, 2.24) is 0 Å². The number of allylic oxidation sites excluding steroid dienone is 1. The van der Waals surface area contributed by atoms with E-state index in [2.05, 4.69) is 4.42 Å². The molecule has 21 heavy (non-hydrogen) atoms. The molecule has 0 atom stereocenters. The first-order valence-electron chi connectivity index (χ1n) is 6.53. The summed E-state index contributed by atoms with van der Waals surface area (Å²) in [5, 5.41) is 1.83. The standard InChI is InChI=1S/C14H8O2.C4H4O/c15-12-8-7-10-6-5-9-3-1-2-4-11(9)13(10)14(12)16;1-2-4-5-3-1/h1-8H;1-4H. The molecule has 0 amide bonds. The summed E-state index contributed by atoms with van der Waals surface area (Å²) in [6.07, 6.45) is 6.28. The van der Waals surface area contributed by atoms with Gasteiger partial charge in [0.15, 0.2) is 0 Å². The summed E-state index contributed by atoms with van der Waals surface area (Å²) in [5.41, 5.74) is 1.36. The summed E-state index contributed by atoms with van der Waals surface area (Å²) in [6.45, 7) is 0. The molecule has 0 fully saturated rings. The zero-order valence-electron chi connectivity index (χ0n) is 11.2. The molecule has 0 aliphatic heterocycles. The largest absolute Gasteiger partial charge is 0.473 e. The molecule has 0 bridgehead atoms. The van der Waals surface area contributed by atoms with Crippen molar-refractivity contribution in [2.24, 2.45) is 0 Å². The molecule has 0 saturated heterocycles. The first-order chi connectivity index (χ1) is 10.3. The summed E-state index contributed by atoms with van der Waals surface area (Å²) in [7, 11) is 0. The van der Waals surface area contributed by atoms with Crippen LogP contribution in [0.1, 0.15) is 15.9 Å². The molecular weight excluding hydrogens is 264 g/mol. The highest BCUT2D eigenvalue weighted by atomic mass is 16.3. The van der Waals surface area contributed by atoms with Crippen LogP contribution in [0.4, 0.5) is 0 Å². The van der Waals surface area contributed by atoms with Gasteiger partial charge in [0.2, 0.25) is 11.6 Å². The molecule has 1 aliphatic rings. The highest BCUT2D eigenvalue weighted by Crippen LogP contribution is 2.26. The van der Waals surface area contributed by atoms with Crippen molar-refractivity contribution >= 4 is 28.4 Å². The fourth-order valence-corrected chi connectivity index (χ4v) is 2.27. The predicted molar refractivity (Wildman–Crippen MR) is 81.0 cm³/mol. The number of benzene rings is 2. The number of ketones is 2. The van der Waals surface area contributed by atoms with Crippen molar-refractivity contribution in [2.45, 2.75) is 0 Å². The minimum atomic E-state index is -0.441. The van der Waals surface area contributed by atoms with E-state index in [1.807, 2.05) is 48.5 Å². The van der Waals surface area contributed by atoms with Gasteiger partial charge in [0.1, 0.15) is 0 Å². The monoisotopic (exact) mass is 276 g/mol. The van der Waals surface area contributed by atoms with E-state index in [0.29, 0.717) is 5.56 Å². The Hall–Kier alpha value is -2.94. The third kappa shape index (κ3) is 2.54. The van der Waals surface area contributed by atoms with Crippen molar-refractivity contribution < 1.29 is 14.0 Å². The van der Waals surface area contributed by atoms with Gasteiger partial charge in [-0.1, -0.05) is 42.5 Å². The molecule has 0 unspecified atom stereocenters. The first kappa shape index (κ1) is 13.1. The normalized spacial score (nSPS) is 12.8. The van der Waals surface area contributed by atoms with Gasteiger partial charge in [-0.2, -0.15) is 0 Å². The lowest BCUT2D eigenvalue weighted by atomic mass is 9.90. The number of furan rings is 1. The van der Waals surface area contributed by atoms with Crippen LogP contribution in [-0.2, 0) is 4.79 Å². The van der Waals surface area contributed by atoms with E-state index in [4.69, 9.17) is 0 Å². The van der Waals surface area contributed by atoms with Gasteiger partial charge < -0.3 is 4.42 Å². The third-order valence-electron chi connectivity index (χ3n) is 3.25. The van der Waals surface area contributed by atoms with Crippen molar-refractivity contribution in [3.63, 3.8) is 0 Å². The second-order valence-electron chi connectivity index (χ2n) is 4.57. The Balaban J connectivity index is 0.000000225. The quantitative estimate of drug-likeness (QED) is 0.585. The van der Waals surface area contributed by atoms with Gasteiger partial charge in [-0.15, -0.1) is 0 Å². The van der Waals surface area contributed by atoms with Crippen molar-refractivity contribution in [1.29, 1.82) is 0 Å². The van der Waals surface area contributed by atoms with E-state index >= 15 is 0 Å². The van der Waals surface area contributed by atoms with Crippen LogP contribution in [0.3, 0.4) is 0 Å². The third-order valence-corrected chi connectivity index (χ3v) is 3.25. The minimum absolute atomic E-state index is 0.408. The van der Waals surface area contributed by atoms with E-state index in [1.165, 1.54) is 6.08 Å². The molecule has 0 N–H and O–H groups in total. The SMILES string of the molecule is O=C1C=Cc2ccc3ccccc3c2C1=O.c1ccoc1. The average Bonchev–Trinajstić information content (AvgIpc) is 3.10. The van der Waals surface area contributed by atoms with E-state index in [-0.39, 0.29) is 0 Å². The van der Waals surface area contributed by atoms with Crippen molar-refractivity contribution in [2.75, 3.05) is 0 Å². The topological polar surface area (TPSA) is 47.3 Å². The van der Waals surface area contributed by atoms with Crippen LogP contribution in [0.2, 0.25) is 0 Å². The Labute approximate surface area is 121 Å². The molecule has 3 heteroatoms. The van der Waals surface area contributed by atoms with E-state index < -0.39 is 11.6 Å². The first-order valence-corrected chi connectivity index (χ1v) is 6.53. The van der Waals surface area contributed by atoms with Crippen LogP contribution in [0.15, 0.2) is 71.6 Å². The second kappa shape index (κ2) is 5.59. The molecule has 102 valence electrons. The van der Waals surface area contributed by atoms with Crippen LogP contribution in [0, 0.1) is 0 Å². The Morgan fingerprint density at radius 1 is 0.762 bits per heavy atom. The molecule has 2 aromatic carbocycles. The highest BCUT2D eigenvalue weighted by molar-refractivity contribution is 6.51. The number of fused-ring (bicyclic) bond motifs is 3. The van der Waals surface area contributed by atoms with Crippen LogP contribution in [-0.4, -0.2) is 11.6 Å². The molecule has 1 heterocycles. The highest BCUT2D eigenvalue weighted by Gasteiger charge is 2.22. The van der Waals surface area contributed by atoms with Crippen molar-refractivity contribution in [3.05, 3.63) is 78.3 Å². The lowest BCUT2D eigenvalue weighted by Crippen LogP contribution is -2.16. The molecule has 0 spiro atoms. The van der Waals surface area contributed by atoms with E-state index in [1.54, 1.807) is 18.6 Å². The number of carbonyl (C=O) groups excluding carboxylic acids is 2. The fourth-order valence-electron chi connectivity index (χ4n) is 2.27. The summed E-state index contributed by atoms with van der Waals surface area (Å²) in [4.78, 5) is 23.2. The van der Waals surface area contributed by atoms with Crippen molar-refractivity contribution in [3.8, 4) is 0 Å². The molecular formula is C18H12O3. The Kier molecular flexibility index (Phi) is 3.48. The van der Waals surface area contributed by atoms with Crippen LogP contribution in [0.5, 0.6) is 0 Å². The Morgan fingerprint density at radius 3 is 2.24 bits per heavy atom. The Bertz CT molecular complexity index is 810. The maximum Gasteiger partial charge on any atom is 0.234 e. The lowest BCUT2D eigenvalue weighted by molar-refractivity contribution is -0.110. The van der Waals surface area contributed by atoms with Gasteiger partial charge in [-0.25, -0.2) is 0 Å². The lowest BCUT2D eigenvalue weighted by Gasteiger charge is -2.11. The molecule has 3 aromatic rings. The number of Topliss-reactive ketones (excluding diaryl/α,β-unsaturated/α-hetero) is 1. The fraction of sp³-hybridized carbons (Fsp3) is 0. The molecule has 4 rings (SSSR count). The minimum Gasteiger partial charge on any atom is -0.473 e. The van der Waals surface area contributed by atoms with Gasteiger partial charge in [-0.3, -0.25) is 9.59 Å². The smallest absolute Gasteiger partial charge is 0.234 e. The zero-order valence-corrected chi connectivity index (χ0v) is 11.2. The maximum atomic E-state index is 11.8. The van der Waals surface area contributed by atoms with Crippen LogP contribution >= 0.6 is 0 Å². The van der Waals surface area contributed by atoms with Gasteiger partial charge in [-0.05, 0) is 34.5 Å². The number of hydrogen-bond acceptors (Lipinski definition) is 3. The molecule has 1 aromatic heterocycles. The predicted octanol–water partition coefficient (Wildman–Crippen LogP) is 3.90. The van der Waals surface area contributed by atoms with E-state index in [9.17, 15) is 9.59 Å². The second-order valence-corrected chi connectivity index (χ2v) is 4.57. The molecule has 0 saturated carbocycles. The maximum absolute atomic E-state index is 11.8. The zero-order chi connectivity index (χ0) is 14.7. The summed E-state index contributed by atoms with van der Waals surface area (Å²) in [5.74, 6) is -0.849. The average molecular weight is 276 g/mol. The summed E-state index contributed by atoms with van der Waals surface area (Å²) >= 11 is 0. The summed E-state index contributed by atoms with van der Waals surface area (Å²) < 4.78 is 4.58. The van der Waals surface area contributed by atoms with E-state index in [0.717, 1.165) is 16.3 Å². The molecule has 3 nitrogen and oxygen atoms in total. The van der Waals surface area contributed by atoms with Gasteiger partial charge in [0, 0.05) is 5.56 Å². The van der Waals surface area contributed by atoms with Gasteiger partial charge in [0.05, 0.1) is 12.5 Å². The number of hydrogen-bond donors (Lipinski definition) is 0. The van der Waals surface area contributed by atoms with Gasteiger partial charge >= 0.3 is 0 Å².